The fraction of sp³-hybridized carbons (Fsp3) is 0.667. The standard InChI is InChI=1S/C18H28O3S.C3H6O2/c1-3-4-5-6-7-8-11-22(19)15(2)12-16-9-10-17-18(13-16)21-14-20-17;1-2-3(4)5/h9-10,13,15H,3-8,11-12,14H2,1-2H3;2H2,1H3,(H,4,5). The molecule has 2 atom stereocenters. The first kappa shape index (κ1) is 23.6. The summed E-state index contributed by atoms with van der Waals surface area (Å²) in [5.74, 6) is 1.71. The van der Waals surface area contributed by atoms with E-state index in [0.717, 1.165) is 30.1 Å². The molecule has 0 fully saturated rings. The van der Waals surface area contributed by atoms with Crippen LogP contribution in [0.5, 0.6) is 11.5 Å². The predicted molar refractivity (Wildman–Crippen MR) is 110 cm³/mol. The molecule has 0 aliphatic carbocycles. The highest BCUT2D eigenvalue weighted by Crippen LogP contribution is 2.33. The molecule has 0 amide bonds. The molecule has 0 bridgehead atoms. The number of hydrogen-bond acceptors (Lipinski definition) is 4. The number of aliphatic carboxylic acids is 1. The lowest BCUT2D eigenvalue weighted by atomic mass is 10.1. The average Bonchev–Trinajstić information content (AvgIpc) is 3.12. The average molecular weight is 399 g/mol. The Kier molecular flexibility index (Phi) is 12.0. The number of carbonyl (C=O) groups is 1. The van der Waals surface area contributed by atoms with Gasteiger partial charge in [0.1, 0.15) is 11.0 Å². The predicted octanol–water partition coefficient (Wildman–Crippen LogP) is 4.94. The summed E-state index contributed by atoms with van der Waals surface area (Å²) in [6, 6.07) is 6.01. The van der Waals surface area contributed by atoms with Crippen LogP contribution in [0.4, 0.5) is 0 Å². The topological polar surface area (TPSA) is 78.8 Å². The van der Waals surface area contributed by atoms with E-state index in [1.165, 1.54) is 37.7 Å². The van der Waals surface area contributed by atoms with Crippen molar-refractivity contribution in [3.05, 3.63) is 23.8 Å². The third-order valence-electron chi connectivity index (χ3n) is 4.41. The summed E-state index contributed by atoms with van der Waals surface area (Å²) in [4.78, 5) is 9.37. The van der Waals surface area contributed by atoms with E-state index in [0.29, 0.717) is 6.79 Å². The third-order valence-corrected chi connectivity index (χ3v) is 6.17. The van der Waals surface area contributed by atoms with Gasteiger partial charge in [0, 0.05) is 12.8 Å². The Morgan fingerprint density at radius 1 is 1.15 bits per heavy atom. The molecule has 6 heteroatoms. The van der Waals surface area contributed by atoms with Gasteiger partial charge in [-0.3, -0.25) is 4.79 Å². The summed E-state index contributed by atoms with van der Waals surface area (Å²) < 4.78 is 23.0. The Morgan fingerprint density at radius 3 is 2.44 bits per heavy atom. The van der Waals surface area contributed by atoms with Gasteiger partial charge in [-0.2, -0.15) is 0 Å². The highest BCUT2D eigenvalue weighted by atomic mass is 32.2. The molecule has 27 heavy (non-hydrogen) atoms. The zero-order valence-electron chi connectivity index (χ0n) is 16.9. The molecule has 2 unspecified atom stereocenters. The Morgan fingerprint density at radius 2 is 1.78 bits per heavy atom. The zero-order chi connectivity index (χ0) is 20.1. The first-order valence-electron chi connectivity index (χ1n) is 9.95. The molecular formula is C21H34O5S. The molecule has 1 N–H and O–H groups in total. The van der Waals surface area contributed by atoms with E-state index in [9.17, 15) is 9.35 Å². The molecular weight excluding hydrogens is 364 g/mol. The first-order chi connectivity index (χ1) is 13.0. The van der Waals surface area contributed by atoms with E-state index >= 15 is 0 Å². The quantitative estimate of drug-likeness (QED) is 0.422. The van der Waals surface area contributed by atoms with Gasteiger partial charge in [-0.15, -0.1) is 0 Å². The second-order valence-electron chi connectivity index (χ2n) is 6.80. The van der Waals surface area contributed by atoms with Crippen LogP contribution in [0.3, 0.4) is 0 Å². The van der Waals surface area contributed by atoms with Crippen molar-refractivity contribution in [1.82, 2.24) is 0 Å². The van der Waals surface area contributed by atoms with Gasteiger partial charge in [0.15, 0.2) is 11.5 Å². The van der Waals surface area contributed by atoms with Crippen LogP contribution in [0, 0.1) is 0 Å². The van der Waals surface area contributed by atoms with Gasteiger partial charge in [-0.1, -0.05) is 56.8 Å². The number of rotatable bonds is 11. The van der Waals surface area contributed by atoms with Crippen LogP contribution in [0.2, 0.25) is 0 Å². The number of fused-ring (bicyclic) bond motifs is 1. The molecule has 1 aromatic carbocycles. The van der Waals surface area contributed by atoms with E-state index in [4.69, 9.17) is 14.6 Å². The van der Waals surface area contributed by atoms with Crippen LogP contribution in [-0.2, 0) is 22.4 Å². The molecule has 0 saturated carbocycles. The number of benzene rings is 1. The van der Waals surface area contributed by atoms with Crippen molar-refractivity contribution in [2.24, 2.45) is 0 Å². The largest absolute Gasteiger partial charge is 0.616 e. The van der Waals surface area contributed by atoms with Crippen molar-refractivity contribution < 1.29 is 23.9 Å². The third kappa shape index (κ3) is 9.91. The number of ether oxygens (including phenoxy) is 2. The minimum atomic E-state index is -0.745. The molecule has 154 valence electrons. The molecule has 0 aromatic heterocycles. The summed E-state index contributed by atoms with van der Waals surface area (Å²) >= 11 is -0.743. The number of carboxylic acids is 1. The Hall–Kier alpha value is -1.40. The van der Waals surface area contributed by atoms with Gasteiger partial charge in [-0.25, -0.2) is 0 Å². The van der Waals surface area contributed by atoms with E-state index in [-0.39, 0.29) is 11.7 Å². The van der Waals surface area contributed by atoms with Crippen molar-refractivity contribution >= 4 is 17.1 Å². The lowest BCUT2D eigenvalue weighted by Gasteiger charge is -2.18. The van der Waals surface area contributed by atoms with Gasteiger partial charge in [0.2, 0.25) is 6.79 Å². The van der Waals surface area contributed by atoms with Crippen LogP contribution in [0.1, 0.15) is 71.3 Å². The molecule has 1 heterocycles. The molecule has 2 rings (SSSR count). The fourth-order valence-electron chi connectivity index (χ4n) is 2.72. The van der Waals surface area contributed by atoms with Crippen LogP contribution in [0.25, 0.3) is 0 Å². The summed E-state index contributed by atoms with van der Waals surface area (Å²) in [6.45, 7) is 6.21. The first-order valence-corrected chi connectivity index (χ1v) is 11.3. The van der Waals surface area contributed by atoms with Crippen molar-refractivity contribution in [2.75, 3.05) is 12.5 Å². The summed E-state index contributed by atoms with van der Waals surface area (Å²) in [5.41, 5.74) is 1.17. The normalized spacial score (nSPS) is 14.2. The minimum Gasteiger partial charge on any atom is -0.616 e. The number of carboxylic acid groups (broad SMARTS) is 1. The highest BCUT2D eigenvalue weighted by Gasteiger charge is 2.19. The van der Waals surface area contributed by atoms with E-state index in [1.807, 2.05) is 18.2 Å². The number of unbranched alkanes of at least 4 members (excludes halogenated alkanes) is 5. The second-order valence-corrected chi connectivity index (χ2v) is 8.78. The summed E-state index contributed by atoms with van der Waals surface area (Å²) in [7, 11) is 0. The molecule has 0 spiro atoms. The number of hydrogen-bond donors (Lipinski definition) is 1. The van der Waals surface area contributed by atoms with Gasteiger partial charge in [0.05, 0.1) is 0 Å². The highest BCUT2D eigenvalue weighted by molar-refractivity contribution is 7.91. The van der Waals surface area contributed by atoms with E-state index in [1.54, 1.807) is 6.92 Å². The maximum absolute atomic E-state index is 12.3. The van der Waals surface area contributed by atoms with Crippen molar-refractivity contribution in [3.8, 4) is 11.5 Å². The fourth-order valence-corrected chi connectivity index (χ4v) is 3.99. The van der Waals surface area contributed by atoms with Crippen LogP contribution < -0.4 is 9.47 Å². The van der Waals surface area contributed by atoms with Gasteiger partial charge >= 0.3 is 5.97 Å². The second kappa shape index (κ2) is 13.7. The van der Waals surface area contributed by atoms with Crippen molar-refractivity contribution in [2.45, 2.75) is 77.4 Å². The Balaban J connectivity index is 0.000000646. The van der Waals surface area contributed by atoms with Gasteiger partial charge < -0.3 is 19.1 Å². The smallest absolute Gasteiger partial charge is 0.303 e. The minimum absolute atomic E-state index is 0.191. The van der Waals surface area contributed by atoms with Crippen LogP contribution in [0.15, 0.2) is 18.2 Å². The monoisotopic (exact) mass is 398 g/mol. The summed E-state index contributed by atoms with van der Waals surface area (Å²) in [5, 5.41) is 7.91. The van der Waals surface area contributed by atoms with Gasteiger partial charge in [-0.05, 0) is 37.5 Å². The molecule has 0 saturated heterocycles. The SMILES string of the molecule is CCC(=O)O.CCCCCCCC[S+]([O-])C(C)Cc1ccc2c(c1)OCO2. The maximum atomic E-state index is 12.3. The van der Waals surface area contributed by atoms with Crippen LogP contribution in [-0.4, -0.2) is 33.4 Å². The zero-order valence-corrected chi connectivity index (χ0v) is 17.7. The summed E-state index contributed by atoms with van der Waals surface area (Å²) in [6.07, 6.45) is 8.54. The molecule has 0 radical (unpaired) electrons. The van der Waals surface area contributed by atoms with Crippen molar-refractivity contribution in [3.63, 3.8) is 0 Å². The van der Waals surface area contributed by atoms with Crippen molar-refractivity contribution in [1.29, 1.82) is 0 Å². The molecule has 1 aliphatic heterocycles. The molecule has 5 nitrogen and oxygen atoms in total. The maximum Gasteiger partial charge on any atom is 0.303 e. The van der Waals surface area contributed by atoms with E-state index in [2.05, 4.69) is 13.8 Å². The molecule has 1 aliphatic rings. The lowest BCUT2D eigenvalue weighted by molar-refractivity contribution is -0.136. The molecule has 1 aromatic rings. The Bertz CT molecular complexity index is 549. The van der Waals surface area contributed by atoms with Gasteiger partial charge in [0.25, 0.3) is 0 Å². The van der Waals surface area contributed by atoms with Crippen LogP contribution >= 0.6 is 0 Å². The van der Waals surface area contributed by atoms with E-state index < -0.39 is 17.1 Å². The Labute approximate surface area is 166 Å². The lowest BCUT2D eigenvalue weighted by Crippen LogP contribution is -2.23.